The summed E-state index contributed by atoms with van der Waals surface area (Å²) in [4.78, 5) is 20.6. The van der Waals surface area contributed by atoms with E-state index in [0.717, 1.165) is 38.4 Å². The fourth-order valence-corrected chi connectivity index (χ4v) is 4.23. The van der Waals surface area contributed by atoms with Gasteiger partial charge in [0.25, 0.3) is 0 Å². The molecule has 1 N–H and O–H groups in total. The smallest absolute Gasteiger partial charge is 0.226 e. The third kappa shape index (κ3) is 5.97. The summed E-state index contributed by atoms with van der Waals surface area (Å²) in [7, 11) is 3.27. The first-order chi connectivity index (χ1) is 13.7. The van der Waals surface area contributed by atoms with Crippen molar-refractivity contribution in [3.63, 3.8) is 0 Å². The van der Waals surface area contributed by atoms with Crippen LogP contribution in [0.25, 0.3) is 0 Å². The molecule has 0 atom stereocenters. The Morgan fingerprint density at radius 3 is 2.50 bits per heavy atom. The van der Waals surface area contributed by atoms with Gasteiger partial charge in [-0.25, -0.2) is 4.98 Å². The number of hydrogen-bond donors (Lipinski definition) is 1. The van der Waals surface area contributed by atoms with Gasteiger partial charge >= 0.3 is 0 Å². The van der Waals surface area contributed by atoms with Crippen LogP contribution in [0.1, 0.15) is 16.8 Å². The summed E-state index contributed by atoms with van der Waals surface area (Å²) >= 11 is 3.17. The van der Waals surface area contributed by atoms with E-state index in [9.17, 15) is 4.79 Å². The van der Waals surface area contributed by atoms with Gasteiger partial charge in [-0.2, -0.15) is 0 Å². The van der Waals surface area contributed by atoms with Gasteiger partial charge in [-0.1, -0.05) is 11.8 Å². The number of thioether (sulfide) groups is 1. The Balaban J connectivity index is 1.51. The molecule has 3 aromatic rings. The lowest BCUT2D eigenvalue weighted by molar-refractivity contribution is -0.120. The average Bonchev–Trinajstić information content (AvgIpc) is 3.18. The van der Waals surface area contributed by atoms with Crippen LogP contribution in [0.3, 0.4) is 0 Å². The second-order valence-electron chi connectivity index (χ2n) is 5.92. The van der Waals surface area contributed by atoms with E-state index in [1.165, 1.54) is 0 Å². The van der Waals surface area contributed by atoms with E-state index in [1.54, 1.807) is 49.7 Å². The standard InChI is InChI=1S/C20H21N3O3S2/c1-25-17-7-15(8-18(10-17)26-2)12-27-20-23-16(13-28-20)9-19(24)22-11-14-3-5-21-6-4-14/h3-8,10,13H,9,11-12H2,1-2H3,(H,22,24). The molecule has 8 heteroatoms. The van der Waals surface area contributed by atoms with Crippen molar-refractivity contribution in [3.05, 3.63) is 64.9 Å². The molecule has 1 amide bonds. The number of carbonyl (C=O) groups is 1. The third-order valence-electron chi connectivity index (χ3n) is 3.88. The Bertz CT molecular complexity index is 894. The number of aromatic nitrogens is 2. The number of carbonyl (C=O) groups excluding carboxylic acids is 1. The summed E-state index contributed by atoms with van der Waals surface area (Å²) in [5.74, 6) is 2.23. The monoisotopic (exact) mass is 415 g/mol. The van der Waals surface area contributed by atoms with Crippen LogP contribution in [-0.4, -0.2) is 30.1 Å². The molecule has 146 valence electrons. The van der Waals surface area contributed by atoms with Crippen molar-refractivity contribution >= 4 is 29.0 Å². The zero-order valence-electron chi connectivity index (χ0n) is 15.7. The zero-order chi connectivity index (χ0) is 19.8. The minimum absolute atomic E-state index is 0.0452. The Labute approximate surface area is 172 Å². The molecule has 0 spiro atoms. The van der Waals surface area contributed by atoms with E-state index in [0.29, 0.717) is 6.54 Å². The summed E-state index contributed by atoms with van der Waals surface area (Å²) in [6.45, 7) is 0.491. The van der Waals surface area contributed by atoms with Crippen LogP contribution in [-0.2, 0) is 23.5 Å². The fourth-order valence-electron chi connectivity index (χ4n) is 2.46. The lowest BCUT2D eigenvalue weighted by Gasteiger charge is -2.07. The van der Waals surface area contributed by atoms with Crippen LogP contribution in [0.4, 0.5) is 0 Å². The highest BCUT2D eigenvalue weighted by atomic mass is 32.2. The first-order valence-electron chi connectivity index (χ1n) is 8.61. The molecule has 0 radical (unpaired) electrons. The van der Waals surface area contributed by atoms with Crippen LogP contribution >= 0.6 is 23.1 Å². The maximum atomic E-state index is 12.1. The highest BCUT2D eigenvalue weighted by molar-refractivity contribution is 8.00. The van der Waals surface area contributed by atoms with Crippen LogP contribution in [0.5, 0.6) is 11.5 Å². The molecule has 0 unspecified atom stereocenters. The zero-order valence-corrected chi connectivity index (χ0v) is 17.3. The molecule has 6 nitrogen and oxygen atoms in total. The lowest BCUT2D eigenvalue weighted by Crippen LogP contribution is -2.24. The van der Waals surface area contributed by atoms with Gasteiger partial charge in [0.05, 0.1) is 26.3 Å². The van der Waals surface area contributed by atoms with Crippen molar-refractivity contribution < 1.29 is 14.3 Å². The molecular weight excluding hydrogens is 394 g/mol. The Hall–Kier alpha value is -2.58. The van der Waals surface area contributed by atoms with Gasteiger partial charge in [-0.05, 0) is 35.4 Å². The molecule has 0 saturated heterocycles. The number of rotatable bonds is 9. The molecule has 28 heavy (non-hydrogen) atoms. The third-order valence-corrected chi connectivity index (χ3v) is 6.03. The molecule has 2 heterocycles. The second-order valence-corrected chi connectivity index (χ2v) is 8.00. The predicted molar refractivity (Wildman–Crippen MR) is 111 cm³/mol. The number of thiazole rings is 1. The summed E-state index contributed by atoms with van der Waals surface area (Å²) in [5, 5.41) is 4.83. The molecule has 0 fully saturated rings. The van der Waals surface area contributed by atoms with Gasteiger partial charge < -0.3 is 14.8 Å². The number of pyridine rings is 1. The van der Waals surface area contributed by atoms with Crippen LogP contribution in [0, 0.1) is 0 Å². The molecule has 0 aliphatic rings. The van der Waals surface area contributed by atoms with Crippen LogP contribution in [0.15, 0.2) is 52.4 Å². The molecule has 2 aromatic heterocycles. The number of hydrogen-bond acceptors (Lipinski definition) is 7. The molecule has 0 saturated carbocycles. The quantitative estimate of drug-likeness (QED) is 0.537. The maximum Gasteiger partial charge on any atom is 0.226 e. The average molecular weight is 416 g/mol. The van der Waals surface area contributed by atoms with E-state index < -0.39 is 0 Å². The Morgan fingerprint density at radius 2 is 1.82 bits per heavy atom. The first kappa shape index (κ1) is 20.2. The SMILES string of the molecule is COc1cc(CSc2nc(CC(=O)NCc3ccncc3)cs2)cc(OC)c1. The molecule has 0 aliphatic carbocycles. The Kier molecular flexibility index (Phi) is 7.27. The minimum Gasteiger partial charge on any atom is -0.497 e. The highest BCUT2D eigenvalue weighted by Crippen LogP contribution is 2.30. The van der Waals surface area contributed by atoms with Crippen molar-refractivity contribution in [2.45, 2.75) is 23.1 Å². The number of amides is 1. The number of methoxy groups -OCH3 is 2. The molecule has 0 bridgehead atoms. The van der Waals surface area contributed by atoms with E-state index in [1.807, 2.05) is 35.7 Å². The first-order valence-corrected chi connectivity index (χ1v) is 10.5. The predicted octanol–water partition coefficient (Wildman–Crippen LogP) is 3.71. The van der Waals surface area contributed by atoms with Crippen molar-refractivity contribution in [1.82, 2.24) is 15.3 Å². The van der Waals surface area contributed by atoms with Crippen LogP contribution < -0.4 is 14.8 Å². The van der Waals surface area contributed by atoms with Crippen LogP contribution in [0.2, 0.25) is 0 Å². The van der Waals surface area contributed by atoms with Gasteiger partial charge in [0.15, 0.2) is 0 Å². The van der Waals surface area contributed by atoms with Crippen molar-refractivity contribution in [1.29, 1.82) is 0 Å². The van der Waals surface area contributed by atoms with E-state index in [2.05, 4.69) is 15.3 Å². The maximum absolute atomic E-state index is 12.1. The molecule has 3 rings (SSSR count). The van der Waals surface area contributed by atoms with Gasteiger partial charge in [-0.15, -0.1) is 11.3 Å². The van der Waals surface area contributed by atoms with Gasteiger partial charge in [0.2, 0.25) is 5.91 Å². The number of nitrogens with zero attached hydrogens (tertiary/aromatic N) is 2. The summed E-state index contributed by atoms with van der Waals surface area (Å²) in [5.41, 5.74) is 2.89. The van der Waals surface area contributed by atoms with Gasteiger partial charge in [0.1, 0.15) is 15.8 Å². The topological polar surface area (TPSA) is 73.3 Å². The molecule has 0 aliphatic heterocycles. The summed E-state index contributed by atoms with van der Waals surface area (Å²) in [6, 6.07) is 9.57. The number of benzene rings is 1. The number of ether oxygens (including phenoxy) is 2. The van der Waals surface area contributed by atoms with E-state index in [4.69, 9.17) is 9.47 Å². The van der Waals surface area contributed by atoms with E-state index in [-0.39, 0.29) is 12.3 Å². The largest absolute Gasteiger partial charge is 0.497 e. The number of nitrogens with one attached hydrogen (secondary N) is 1. The van der Waals surface area contributed by atoms with Crippen molar-refractivity contribution in [2.75, 3.05) is 14.2 Å². The minimum atomic E-state index is -0.0452. The normalized spacial score (nSPS) is 10.5. The second kappa shape index (κ2) is 10.1. The van der Waals surface area contributed by atoms with E-state index >= 15 is 0 Å². The molecular formula is C20H21N3O3S2. The lowest BCUT2D eigenvalue weighted by atomic mass is 10.2. The Morgan fingerprint density at radius 1 is 1.11 bits per heavy atom. The highest BCUT2D eigenvalue weighted by Gasteiger charge is 2.09. The molecule has 1 aromatic carbocycles. The fraction of sp³-hybridized carbons (Fsp3) is 0.250. The summed E-state index contributed by atoms with van der Waals surface area (Å²) in [6.07, 6.45) is 3.70. The van der Waals surface area contributed by atoms with Crippen molar-refractivity contribution in [3.8, 4) is 11.5 Å². The summed E-state index contributed by atoms with van der Waals surface area (Å²) < 4.78 is 11.5. The van der Waals surface area contributed by atoms with Gasteiger partial charge in [-0.3, -0.25) is 9.78 Å². The van der Waals surface area contributed by atoms with Crippen molar-refractivity contribution in [2.24, 2.45) is 0 Å². The van der Waals surface area contributed by atoms with Gasteiger partial charge in [0, 0.05) is 36.1 Å².